The summed E-state index contributed by atoms with van der Waals surface area (Å²) in [5, 5.41) is 0. The lowest BCUT2D eigenvalue weighted by atomic mass is 9.70. The number of hydrogen-bond donors (Lipinski definition) is 0. The van der Waals surface area contributed by atoms with E-state index in [1.54, 1.807) is 0 Å². The lowest BCUT2D eigenvalue weighted by Gasteiger charge is -2.30. The number of imidazole rings is 2. The van der Waals surface area contributed by atoms with Gasteiger partial charge < -0.3 is 0 Å². The standard InChI is InChI=1S/C57H35BrN4/c58-48-28-16-27-47-54(48)43-22-8-10-25-45(43)57(47)44-24-9-7-21-42(44)53-41(23-15-26-46(53)57)36-33-37(55-59-49-29-11-13-31-51(49)61(55)39-17-3-1-4-18-39)35-38(34-36)56-60-50-30-12-14-32-52(50)62(56)40-19-5-2-6-20-40/h1-35H. The first kappa shape index (κ1) is 35.2. The molecule has 0 bridgehead atoms. The first-order valence-corrected chi connectivity index (χ1v) is 21.8. The number of fused-ring (bicyclic) bond motifs is 12. The number of hydrogen-bond acceptors (Lipinski definition) is 2. The maximum Gasteiger partial charge on any atom is 0.145 e. The van der Waals surface area contributed by atoms with Crippen LogP contribution in [0.5, 0.6) is 0 Å². The fourth-order valence-corrected chi connectivity index (χ4v) is 11.2. The van der Waals surface area contributed by atoms with Gasteiger partial charge in [-0.2, -0.15) is 0 Å². The van der Waals surface area contributed by atoms with Crippen molar-refractivity contribution >= 4 is 38.0 Å². The van der Waals surface area contributed by atoms with Gasteiger partial charge in [-0.15, -0.1) is 0 Å². The quantitative estimate of drug-likeness (QED) is 0.173. The fraction of sp³-hybridized carbons (Fsp3) is 0.0175. The summed E-state index contributed by atoms with van der Waals surface area (Å²) in [6, 6.07) is 76.6. The van der Waals surface area contributed by atoms with Crippen LogP contribution in [0, 0.1) is 0 Å². The van der Waals surface area contributed by atoms with E-state index in [1.165, 1.54) is 50.1 Å². The molecule has 0 N–H and O–H groups in total. The average Bonchev–Trinajstić information content (AvgIpc) is 4.08. The minimum absolute atomic E-state index is 0.485. The second-order valence-electron chi connectivity index (χ2n) is 16.2. The van der Waals surface area contributed by atoms with E-state index in [1.807, 2.05) is 0 Å². The van der Waals surface area contributed by atoms with Crippen molar-refractivity contribution < 1.29 is 0 Å². The molecule has 2 aliphatic carbocycles. The Kier molecular flexibility index (Phi) is 7.63. The van der Waals surface area contributed by atoms with Gasteiger partial charge in [-0.1, -0.05) is 155 Å². The number of benzene rings is 9. The molecule has 62 heavy (non-hydrogen) atoms. The average molecular weight is 856 g/mol. The summed E-state index contributed by atoms with van der Waals surface area (Å²) in [5.74, 6) is 1.74. The molecule has 290 valence electrons. The molecule has 1 spiro atoms. The van der Waals surface area contributed by atoms with Crippen molar-refractivity contribution in [2.45, 2.75) is 5.41 Å². The van der Waals surface area contributed by atoms with E-state index in [2.05, 4.69) is 237 Å². The van der Waals surface area contributed by atoms with Crippen molar-refractivity contribution in [2.75, 3.05) is 0 Å². The van der Waals surface area contributed by atoms with E-state index < -0.39 is 5.41 Å². The number of halogens is 1. The van der Waals surface area contributed by atoms with Gasteiger partial charge in [-0.25, -0.2) is 9.97 Å². The van der Waals surface area contributed by atoms with Crippen LogP contribution in [0.1, 0.15) is 22.3 Å². The molecule has 2 aromatic heterocycles. The summed E-state index contributed by atoms with van der Waals surface area (Å²) < 4.78 is 5.70. The minimum atomic E-state index is -0.485. The Hall–Kier alpha value is -7.60. The van der Waals surface area contributed by atoms with Crippen LogP contribution in [-0.4, -0.2) is 19.1 Å². The largest absolute Gasteiger partial charge is 0.292 e. The number of rotatable bonds is 5. The van der Waals surface area contributed by atoms with Crippen LogP contribution in [-0.2, 0) is 5.41 Å². The molecular formula is C57H35BrN4. The van der Waals surface area contributed by atoms with Crippen molar-refractivity contribution in [3.8, 4) is 67.5 Å². The number of aromatic nitrogens is 4. The lowest BCUT2D eigenvalue weighted by molar-refractivity contribution is 0.793. The maximum atomic E-state index is 5.41. The van der Waals surface area contributed by atoms with Crippen molar-refractivity contribution in [1.82, 2.24) is 19.1 Å². The molecule has 2 heterocycles. The zero-order valence-electron chi connectivity index (χ0n) is 33.4. The van der Waals surface area contributed by atoms with E-state index >= 15 is 0 Å². The second-order valence-corrected chi connectivity index (χ2v) is 17.1. The van der Waals surface area contributed by atoms with Gasteiger partial charge in [-0.05, 0) is 123 Å². The van der Waals surface area contributed by atoms with E-state index in [4.69, 9.17) is 9.97 Å². The first-order chi connectivity index (χ1) is 30.7. The van der Waals surface area contributed by atoms with Crippen LogP contribution in [0.4, 0.5) is 0 Å². The van der Waals surface area contributed by atoms with Crippen molar-refractivity contribution in [2.24, 2.45) is 0 Å². The summed E-state index contributed by atoms with van der Waals surface area (Å²) in [6.45, 7) is 0. The molecule has 0 amide bonds. The minimum Gasteiger partial charge on any atom is -0.292 e. The smallest absolute Gasteiger partial charge is 0.145 e. The zero-order valence-corrected chi connectivity index (χ0v) is 35.0. The molecule has 4 nitrogen and oxygen atoms in total. The van der Waals surface area contributed by atoms with Gasteiger partial charge in [0.05, 0.1) is 27.5 Å². The van der Waals surface area contributed by atoms with E-state index in [0.29, 0.717) is 0 Å². The Labute approximate surface area is 367 Å². The van der Waals surface area contributed by atoms with E-state index in [0.717, 1.165) is 66.3 Å². The number of nitrogens with zero attached hydrogens (tertiary/aromatic N) is 4. The summed E-state index contributed by atoms with van der Waals surface area (Å²) in [5.41, 5.74) is 20.1. The van der Waals surface area contributed by atoms with Crippen LogP contribution >= 0.6 is 15.9 Å². The van der Waals surface area contributed by atoms with Gasteiger partial charge >= 0.3 is 0 Å². The Morgan fingerprint density at radius 3 is 1.35 bits per heavy atom. The van der Waals surface area contributed by atoms with Gasteiger partial charge in [0.25, 0.3) is 0 Å². The highest BCUT2D eigenvalue weighted by atomic mass is 79.9. The second kappa shape index (κ2) is 13.5. The van der Waals surface area contributed by atoms with Gasteiger partial charge in [0.15, 0.2) is 0 Å². The van der Waals surface area contributed by atoms with Crippen molar-refractivity contribution in [3.63, 3.8) is 0 Å². The van der Waals surface area contributed by atoms with Crippen LogP contribution in [0.25, 0.3) is 89.6 Å². The Morgan fingerprint density at radius 2 is 0.774 bits per heavy atom. The predicted molar refractivity (Wildman–Crippen MR) is 256 cm³/mol. The molecule has 13 rings (SSSR count). The molecule has 5 heteroatoms. The molecular weight excluding hydrogens is 821 g/mol. The summed E-state index contributed by atoms with van der Waals surface area (Å²) in [7, 11) is 0. The summed E-state index contributed by atoms with van der Waals surface area (Å²) in [6.07, 6.45) is 0. The van der Waals surface area contributed by atoms with Gasteiger partial charge in [0.2, 0.25) is 0 Å². The topological polar surface area (TPSA) is 35.6 Å². The van der Waals surface area contributed by atoms with Crippen LogP contribution in [0.15, 0.2) is 217 Å². The monoisotopic (exact) mass is 854 g/mol. The lowest BCUT2D eigenvalue weighted by Crippen LogP contribution is -2.25. The van der Waals surface area contributed by atoms with Crippen molar-refractivity contribution in [1.29, 1.82) is 0 Å². The number of para-hydroxylation sites is 6. The van der Waals surface area contributed by atoms with E-state index in [-0.39, 0.29) is 0 Å². The van der Waals surface area contributed by atoms with Crippen LogP contribution in [0.2, 0.25) is 0 Å². The van der Waals surface area contributed by atoms with Gasteiger partial charge in [0.1, 0.15) is 11.6 Å². The first-order valence-electron chi connectivity index (χ1n) is 21.0. The Balaban J connectivity index is 1.14. The summed E-state index contributed by atoms with van der Waals surface area (Å²) in [4.78, 5) is 10.8. The van der Waals surface area contributed by atoms with Crippen LogP contribution < -0.4 is 0 Å². The molecule has 0 saturated carbocycles. The molecule has 0 fully saturated rings. The predicted octanol–water partition coefficient (Wildman–Crippen LogP) is 14.5. The molecule has 1 atom stereocenters. The molecule has 0 radical (unpaired) electrons. The molecule has 11 aromatic rings. The highest BCUT2D eigenvalue weighted by Crippen LogP contribution is 2.65. The summed E-state index contributed by atoms with van der Waals surface area (Å²) >= 11 is 3.99. The third-order valence-corrected chi connectivity index (χ3v) is 13.7. The third-order valence-electron chi connectivity index (χ3n) is 13.0. The SMILES string of the molecule is Brc1cccc2c1-c1ccccc1C21c2ccccc2-c2c(-c3cc(-c4nc5ccccc5n4-c4ccccc4)cc(-c4nc5ccccc5n4-c4ccccc4)c3)cccc21. The normalized spacial score (nSPS) is 14.6. The maximum absolute atomic E-state index is 5.41. The highest BCUT2D eigenvalue weighted by Gasteiger charge is 2.52. The van der Waals surface area contributed by atoms with Gasteiger partial charge in [0, 0.05) is 32.5 Å². The molecule has 1 unspecified atom stereocenters. The van der Waals surface area contributed by atoms with Crippen molar-refractivity contribution in [3.05, 3.63) is 239 Å². The fourth-order valence-electron chi connectivity index (χ4n) is 10.6. The van der Waals surface area contributed by atoms with E-state index in [9.17, 15) is 0 Å². The molecule has 0 saturated heterocycles. The Bertz CT molecular complexity index is 3470. The van der Waals surface area contributed by atoms with Crippen LogP contribution in [0.3, 0.4) is 0 Å². The zero-order chi connectivity index (χ0) is 40.9. The third kappa shape index (κ3) is 4.88. The molecule has 2 aliphatic rings. The Morgan fingerprint density at radius 1 is 0.355 bits per heavy atom. The molecule has 9 aromatic carbocycles. The van der Waals surface area contributed by atoms with Gasteiger partial charge in [-0.3, -0.25) is 9.13 Å². The highest BCUT2D eigenvalue weighted by molar-refractivity contribution is 9.10. The molecule has 0 aliphatic heterocycles.